The lowest BCUT2D eigenvalue weighted by atomic mass is 10.3. The Morgan fingerprint density at radius 1 is 1.33 bits per heavy atom. The van der Waals surface area contributed by atoms with E-state index in [2.05, 4.69) is 20.4 Å². The molecule has 15 heavy (non-hydrogen) atoms. The van der Waals surface area contributed by atoms with Crippen molar-refractivity contribution in [1.29, 1.82) is 0 Å². The summed E-state index contributed by atoms with van der Waals surface area (Å²) in [5, 5.41) is 0. The van der Waals surface area contributed by atoms with E-state index in [9.17, 15) is 13.0 Å². The van der Waals surface area contributed by atoms with Crippen molar-refractivity contribution in [3.63, 3.8) is 0 Å². The van der Waals surface area contributed by atoms with Gasteiger partial charge in [0.05, 0.1) is 36.3 Å². The van der Waals surface area contributed by atoms with Crippen LogP contribution < -0.4 is 0 Å². The number of likely N-dealkylation sites (N-methyl/N-ethyl adjacent to an activating group) is 1. The van der Waals surface area contributed by atoms with E-state index in [1.165, 1.54) is 0 Å². The highest BCUT2D eigenvalue weighted by molar-refractivity contribution is 7.85. The fraction of sp³-hybridized carbons (Fsp3) is 0.800. The van der Waals surface area contributed by atoms with Gasteiger partial charge in [-0.15, -0.1) is 0 Å². The summed E-state index contributed by atoms with van der Waals surface area (Å²) < 4.78 is 32.2. The highest BCUT2D eigenvalue weighted by atomic mass is 32.2. The van der Waals surface area contributed by atoms with Crippen molar-refractivity contribution in [2.75, 3.05) is 31.9 Å². The molecule has 0 aromatic heterocycles. The van der Waals surface area contributed by atoms with Crippen LogP contribution in [0.15, 0.2) is 12.7 Å². The van der Waals surface area contributed by atoms with Crippen LogP contribution >= 0.6 is 0 Å². The normalized spacial score (nSPS) is 12.7. The molecule has 0 aliphatic heterocycles. The van der Waals surface area contributed by atoms with Crippen LogP contribution in [0.1, 0.15) is 20.3 Å². The average molecular weight is 235 g/mol. The van der Waals surface area contributed by atoms with E-state index >= 15 is 0 Å². The van der Waals surface area contributed by atoms with Crippen molar-refractivity contribution in [2.24, 2.45) is 0 Å². The Hall–Kier alpha value is -0.390. The lowest BCUT2D eigenvalue weighted by Crippen LogP contribution is -2.48. The standard InChI is InChI=1S/C10H21NO3S/c1-4-8-11(5-2,6-3)9-7-10-15(12,13)14/h4H,1,5-10H2,2-3H3. The first kappa shape index (κ1) is 14.6. The lowest BCUT2D eigenvalue weighted by Gasteiger charge is -2.36. The molecular weight excluding hydrogens is 214 g/mol. The predicted octanol–water partition coefficient (Wildman–Crippen LogP) is 0.964. The summed E-state index contributed by atoms with van der Waals surface area (Å²) in [5.74, 6) is -0.260. The van der Waals surface area contributed by atoms with Gasteiger partial charge in [0.25, 0.3) is 0 Å². The van der Waals surface area contributed by atoms with Gasteiger partial charge in [0.15, 0.2) is 0 Å². The number of nitrogens with zero attached hydrogens (tertiary/aromatic N) is 1. The Morgan fingerprint density at radius 2 is 1.87 bits per heavy atom. The van der Waals surface area contributed by atoms with Crippen molar-refractivity contribution in [3.8, 4) is 0 Å². The molecule has 0 aromatic carbocycles. The second-order valence-corrected chi connectivity index (χ2v) is 5.31. The summed E-state index contributed by atoms with van der Waals surface area (Å²) in [6.45, 7) is 11.3. The second-order valence-electron chi connectivity index (χ2n) is 3.78. The topological polar surface area (TPSA) is 57.2 Å². The number of hydrogen-bond acceptors (Lipinski definition) is 3. The maximum atomic E-state index is 10.5. The van der Waals surface area contributed by atoms with Crippen LogP contribution in [0, 0.1) is 0 Å². The van der Waals surface area contributed by atoms with Crippen LogP contribution in [0.3, 0.4) is 0 Å². The molecule has 0 saturated heterocycles. The molecule has 0 aliphatic rings. The summed E-state index contributed by atoms with van der Waals surface area (Å²) in [6, 6.07) is 0. The highest BCUT2D eigenvalue weighted by Crippen LogP contribution is 2.08. The molecular formula is C10H21NO3S. The van der Waals surface area contributed by atoms with Crippen LogP contribution in [-0.2, 0) is 10.1 Å². The highest BCUT2D eigenvalue weighted by Gasteiger charge is 2.20. The van der Waals surface area contributed by atoms with Gasteiger partial charge in [-0.1, -0.05) is 6.58 Å². The Labute approximate surface area is 92.9 Å². The third-order valence-electron chi connectivity index (χ3n) is 2.88. The average Bonchev–Trinajstić information content (AvgIpc) is 2.14. The van der Waals surface area contributed by atoms with Gasteiger partial charge in [-0.25, -0.2) is 8.42 Å². The summed E-state index contributed by atoms with van der Waals surface area (Å²) >= 11 is 0. The van der Waals surface area contributed by atoms with Gasteiger partial charge in [0.1, 0.15) is 0 Å². The molecule has 0 spiro atoms. The molecule has 0 fully saturated rings. The zero-order valence-corrected chi connectivity index (χ0v) is 10.4. The molecule has 0 bridgehead atoms. The minimum absolute atomic E-state index is 0.260. The third-order valence-corrected chi connectivity index (χ3v) is 3.67. The third kappa shape index (κ3) is 5.92. The van der Waals surface area contributed by atoms with E-state index in [-0.39, 0.29) is 5.75 Å². The van der Waals surface area contributed by atoms with Gasteiger partial charge in [-0.2, -0.15) is 0 Å². The molecule has 0 unspecified atom stereocenters. The molecule has 0 N–H and O–H groups in total. The fourth-order valence-electron chi connectivity index (χ4n) is 1.74. The van der Waals surface area contributed by atoms with E-state index in [1.54, 1.807) is 0 Å². The van der Waals surface area contributed by atoms with Crippen molar-refractivity contribution < 1.29 is 17.5 Å². The maximum Gasteiger partial charge on any atom is 0.0970 e. The van der Waals surface area contributed by atoms with Crippen molar-refractivity contribution in [2.45, 2.75) is 20.3 Å². The monoisotopic (exact) mass is 235 g/mol. The Morgan fingerprint density at radius 3 is 2.20 bits per heavy atom. The van der Waals surface area contributed by atoms with Crippen molar-refractivity contribution >= 4 is 10.1 Å². The van der Waals surface area contributed by atoms with Gasteiger partial charge in [-0.05, 0) is 19.9 Å². The molecule has 0 rings (SSSR count). The van der Waals surface area contributed by atoms with Crippen molar-refractivity contribution in [1.82, 2.24) is 0 Å². The quantitative estimate of drug-likeness (QED) is 0.358. The zero-order chi connectivity index (χ0) is 11.9. The summed E-state index contributed by atoms with van der Waals surface area (Å²) in [4.78, 5) is 0. The van der Waals surface area contributed by atoms with Gasteiger partial charge < -0.3 is 9.04 Å². The molecule has 0 heterocycles. The smallest absolute Gasteiger partial charge is 0.0970 e. The van der Waals surface area contributed by atoms with E-state index in [4.69, 9.17) is 0 Å². The van der Waals surface area contributed by atoms with Crippen LogP contribution in [0.4, 0.5) is 0 Å². The molecule has 0 amide bonds. The summed E-state index contributed by atoms with van der Waals surface area (Å²) in [5.41, 5.74) is 0. The molecule has 4 nitrogen and oxygen atoms in total. The number of rotatable bonds is 8. The van der Waals surface area contributed by atoms with Crippen LogP contribution in [0.5, 0.6) is 0 Å². The number of quaternary nitrogens is 1. The summed E-state index contributed by atoms with van der Waals surface area (Å²) in [7, 11) is -4.06. The molecule has 0 atom stereocenters. The van der Waals surface area contributed by atoms with E-state index in [1.807, 2.05) is 6.08 Å². The SMILES string of the molecule is C=CC[N+](CC)(CC)CCCS(=O)(=O)[O-]. The van der Waals surface area contributed by atoms with Gasteiger partial charge in [-0.3, -0.25) is 0 Å². The summed E-state index contributed by atoms with van der Waals surface area (Å²) in [6.07, 6.45) is 2.28. The number of hydrogen-bond donors (Lipinski definition) is 0. The van der Waals surface area contributed by atoms with Crippen LogP contribution in [-0.4, -0.2) is 49.4 Å². The fourth-order valence-corrected chi connectivity index (χ4v) is 2.22. The molecule has 5 heteroatoms. The minimum Gasteiger partial charge on any atom is -0.748 e. The maximum absolute atomic E-state index is 10.5. The van der Waals surface area contributed by atoms with Gasteiger partial charge >= 0.3 is 0 Å². The molecule has 0 saturated carbocycles. The molecule has 0 radical (unpaired) electrons. The van der Waals surface area contributed by atoms with Gasteiger partial charge in [0, 0.05) is 12.2 Å². The largest absolute Gasteiger partial charge is 0.748 e. The van der Waals surface area contributed by atoms with Gasteiger partial charge in [0.2, 0.25) is 0 Å². The molecule has 0 aliphatic carbocycles. The predicted molar refractivity (Wildman–Crippen MR) is 60.5 cm³/mol. The first-order valence-electron chi connectivity index (χ1n) is 5.28. The minimum atomic E-state index is -4.06. The first-order valence-corrected chi connectivity index (χ1v) is 6.86. The second kappa shape index (κ2) is 6.25. The van der Waals surface area contributed by atoms with E-state index in [0.717, 1.165) is 30.7 Å². The van der Waals surface area contributed by atoms with Crippen molar-refractivity contribution in [3.05, 3.63) is 12.7 Å². The Bertz CT molecular complexity index is 281. The Kier molecular flexibility index (Phi) is 6.09. The molecule has 90 valence electrons. The van der Waals surface area contributed by atoms with E-state index < -0.39 is 10.1 Å². The lowest BCUT2D eigenvalue weighted by molar-refractivity contribution is -0.919. The van der Waals surface area contributed by atoms with Crippen LogP contribution in [0.2, 0.25) is 0 Å². The molecule has 0 aromatic rings. The first-order chi connectivity index (χ1) is 6.89. The van der Waals surface area contributed by atoms with E-state index in [0.29, 0.717) is 6.42 Å². The van der Waals surface area contributed by atoms with Crippen LogP contribution in [0.25, 0.3) is 0 Å². The zero-order valence-electron chi connectivity index (χ0n) is 9.61. The Balaban J connectivity index is 4.23.